The van der Waals surface area contributed by atoms with Gasteiger partial charge < -0.3 is 5.32 Å². The monoisotopic (exact) mass is 279 g/mol. The fourth-order valence-corrected chi connectivity index (χ4v) is 5.19. The Bertz CT molecular complexity index is 313. The number of likely N-dealkylation sites (N-methyl/N-ethyl adjacent to an activating group) is 1. The van der Waals surface area contributed by atoms with Crippen LogP contribution in [0.15, 0.2) is 0 Å². The van der Waals surface area contributed by atoms with E-state index in [1.54, 1.807) is 0 Å². The molecule has 3 heteroatoms. The van der Waals surface area contributed by atoms with E-state index in [0.717, 1.165) is 23.9 Å². The molecular weight excluding hydrogens is 246 g/mol. The summed E-state index contributed by atoms with van der Waals surface area (Å²) in [4.78, 5) is 5.57. The minimum atomic E-state index is 0.700. The maximum atomic E-state index is 3.62. The molecule has 3 fully saturated rings. The Morgan fingerprint density at radius 2 is 1.70 bits per heavy atom. The van der Waals surface area contributed by atoms with Crippen molar-refractivity contribution < 1.29 is 0 Å². The summed E-state index contributed by atoms with van der Waals surface area (Å²) < 4.78 is 0. The predicted molar refractivity (Wildman–Crippen MR) is 85.0 cm³/mol. The van der Waals surface area contributed by atoms with Gasteiger partial charge in [-0.25, -0.2) is 0 Å². The van der Waals surface area contributed by atoms with Crippen LogP contribution in [-0.4, -0.2) is 61.2 Å². The Balaban J connectivity index is 1.63. The first-order valence-corrected chi connectivity index (χ1v) is 8.84. The Kier molecular flexibility index (Phi) is 4.68. The van der Waals surface area contributed by atoms with Gasteiger partial charge in [0.25, 0.3) is 0 Å². The first-order chi connectivity index (χ1) is 9.69. The smallest absolute Gasteiger partial charge is 0.0275 e. The molecule has 0 aromatic carbocycles. The summed E-state index contributed by atoms with van der Waals surface area (Å²) >= 11 is 0. The first-order valence-electron chi connectivity index (χ1n) is 8.84. The molecule has 5 atom stereocenters. The highest BCUT2D eigenvalue weighted by molar-refractivity contribution is 4.97. The molecule has 0 bridgehead atoms. The highest BCUT2D eigenvalue weighted by Gasteiger charge is 2.40. The van der Waals surface area contributed by atoms with Crippen molar-refractivity contribution in [1.29, 1.82) is 0 Å². The molecule has 2 aliphatic heterocycles. The van der Waals surface area contributed by atoms with Gasteiger partial charge in [0.1, 0.15) is 0 Å². The summed E-state index contributed by atoms with van der Waals surface area (Å²) in [5, 5.41) is 3.62. The molecule has 0 radical (unpaired) electrons. The number of hydrogen-bond acceptors (Lipinski definition) is 3. The lowest BCUT2D eigenvalue weighted by molar-refractivity contribution is 0.0759. The fraction of sp³-hybridized carbons (Fsp3) is 1.00. The lowest BCUT2D eigenvalue weighted by atomic mass is 9.76. The zero-order valence-corrected chi connectivity index (χ0v) is 13.6. The first kappa shape index (κ1) is 14.8. The summed E-state index contributed by atoms with van der Waals surface area (Å²) in [6.45, 7) is 10.3. The van der Waals surface area contributed by atoms with Crippen LogP contribution in [0.1, 0.15) is 46.0 Å². The van der Waals surface area contributed by atoms with Gasteiger partial charge in [-0.2, -0.15) is 0 Å². The van der Waals surface area contributed by atoms with Gasteiger partial charge >= 0.3 is 0 Å². The van der Waals surface area contributed by atoms with Gasteiger partial charge in [-0.15, -0.1) is 0 Å². The minimum absolute atomic E-state index is 0.700. The molecule has 1 saturated carbocycles. The van der Waals surface area contributed by atoms with Crippen LogP contribution < -0.4 is 5.32 Å². The normalized spacial score (nSPS) is 44.2. The Morgan fingerprint density at radius 1 is 0.950 bits per heavy atom. The molecule has 3 nitrogen and oxygen atoms in total. The Labute approximate surface area is 125 Å². The minimum Gasteiger partial charge on any atom is -0.315 e. The second-order valence-corrected chi connectivity index (χ2v) is 7.62. The Hall–Kier alpha value is -0.120. The highest BCUT2D eigenvalue weighted by Crippen LogP contribution is 2.34. The van der Waals surface area contributed by atoms with Gasteiger partial charge in [0.15, 0.2) is 0 Å². The maximum absolute atomic E-state index is 3.62. The molecule has 3 rings (SSSR count). The average molecular weight is 279 g/mol. The molecule has 116 valence electrons. The van der Waals surface area contributed by atoms with E-state index >= 15 is 0 Å². The molecule has 0 aromatic heterocycles. The van der Waals surface area contributed by atoms with Crippen LogP contribution in [0, 0.1) is 11.8 Å². The second-order valence-electron chi connectivity index (χ2n) is 7.62. The van der Waals surface area contributed by atoms with E-state index in [1.165, 1.54) is 58.3 Å². The summed E-state index contributed by atoms with van der Waals surface area (Å²) in [7, 11) is 2.16. The van der Waals surface area contributed by atoms with E-state index in [4.69, 9.17) is 0 Å². The van der Waals surface area contributed by atoms with Crippen molar-refractivity contribution in [1.82, 2.24) is 15.1 Å². The van der Waals surface area contributed by atoms with Crippen LogP contribution in [0.3, 0.4) is 0 Å². The van der Waals surface area contributed by atoms with E-state index in [1.807, 2.05) is 0 Å². The van der Waals surface area contributed by atoms with E-state index in [-0.39, 0.29) is 0 Å². The third-order valence-corrected chi connectivity index (χ3v) is 6.07. The highest BCUT2D eigenvalue weighted by atomic mass is 15.3. The zero-order chi connectivity index (χ0) is 14.1. The van der Waals surface area contributed by atoms with E-state index in [2.05, 4.69) is 36.0 Å². The third-order valence-electron chi connectivity index (χ3n) is 6.07. The molecule has 1 aliphatic carbocycles. The lowest BCUT2D eigenvalue weighted by Gasteiger charge is -2.44. The molecule has 0 spiro atoms. The maximum Gasteiger partial charge on any atom is 0.0275 e. The Morgan fingerprint density at radius 3 is 2.40 bits per heavy atom. The molecule has 1 N–H and O–H groups in total. The SMILES string of the molecule is CNC1CC(C)CC(C)C1N1CCC(N2CCCC2)C1. The number of hydrogen-bond donors (Lipinski definition) is 1. The van der Waals surface area contributed by atoms with Crippen molar-refractivity contribution in [3.8, 4) is 0 Å². The average Bonchev–Trinajstić information content (AvgIpc) is 3.08. The number of nitrogens with zero attached hydrogens (tertiary/aromatic N) is 2. The van der Waals surface area contributed by atoms with Crippen LogP contribution in [0.5, 0.6) is 0 Å². The molecule has 3 aliphatic rings. The van der Waals surface area contributed by atoms with Crippen molar-refractivity contribution in [2.45, 2.75) is 64.1 Å². The van der Waals surface area contributed by atoms with Crippen LogP contribution in [-0.2, 0) is 0 Å². The van der Waals surface area contributed by atoms with Crippen LogP contribution in [0.4, 0.5) is 0 Å². The van der Waals surface area contributed by atoms with Gasteiger partial charge in [0.05, 0.1) is 0 Å². The van der Waals surface area contributed by atoms with Gasteiger partial charge in [-0.1, -0.05) is 13.8 Å². The quantitative estimate of drug-likeness (QED) is 0.854. The standard InChI is InChI=1S/C17H33N3/c1-13-10-14(2)17(16(11-13)18-3)20-9-6-15(12-20)19-7-4-5-8-19/h13-18H,4-12H2,1-3H3. The molecule has 2 saturated heterocycles. The third kappa shape index (κ3) is 2.90. The zero-order valence-electron chi connectivity index (χ0n) is 13.6. The van der Waals surface area contributed by atoms with Crippen LogP contribution >= 0.6 is 0 Å². The lowest BCUT2D eigenvalue weighted by Crippen LogP contribution is -2.55. The second kappa shape index (κ2) is 6.33. The van der Waals surface area contributed by atoms with E-state index in [9.17, 15) is 0 Å². The molecule has 2 heterocycles. The van der Waals surface area contributed by atoms with Crippen molar-refractivity contribution in [3.05, 3.63) is 0 Å². The molecule has 20 heavy (non-hydrogen) atoms. The topological polar surface area (TPSA) is 18.5 Å². The van der Waals surface area contributed by atoms with Gasteiger partial charge in [0, 0.05) is 31.2 Å². The van der Waals surface area contributed by atoms with Crippen LogP contribution in [0.25, 0.3) is 0 Å². The molecular formula is C17H33N3. The van der Waals surface area contributed by atoms with Crippen LogP contribution in [0.2, 0.25) is 0 Å². The van der Waals surface area contributed by atoms with E-state index < -0.39 is 0 Å². The molecule has 0 aromatic rings. The van der Waals surface area contributed by atoms with Crippen molar-refractivity contribution in [3.63, 3.8) is 0 Å². The molecule has 5 unspecified atom stereocenters. The summed E-state index contributed by atoms with van der Waals surface area (Å²) in [6.07, 6.45) is 7.01. The van der Waals surface area contributed by atoms with Crippen molar-refractivity contribution in [2.75, 3.05) is 33.2 Å². The van der Waals surface area contributed by atoms with E-state index in [0.29, 0.717) is 6.04 Å². The number of rotatable bonds is 3. The van der Waals surface area contributed by atoms with Gasteiger partial charge in [0.2, 0.25) is 0 Å². The summed E-state index contributed by atoms with van der Waals surface area (Å²) in [6, 6.07) is 2.32. The van der Waals surface area contributed by atoms with Crippen molar-refractivity contribution in [2.24, 2.45) is 11.8 Å². The molecule has 0 amide bonds. The summed E-state index contributed by atoms with van der Waals surface area (Å²) in [5.74, 6) is 1.73. The fourth-order valence-electron chi connectivity index (χ4n) is 5.19. The van der Waals surface area contributed by atoms with Gasteiger partial charge in [-0.3, -0.25) is 9.80 Å². The summed E-state index contributed by atoms with van der Waals surface area (Å²) in [5.41, 5.74) is 0. The largest absolute Gasteiger partial charge is 0.315 e. The van der Waals surface area contributed by atoms with Crippen molar-refractivity contribution >= 4 is 0 Å². The van der Waals surface area contributed by atoms with Gasteiger partial charge in [-0.05, 0) is 64.1 Å². The predicted octanol–water partition coefficient (Wildman–Crippen LogP) is 2.18. The number of likely N-dealkylation sites (tertiary alicyclic amines) is 2. The number of nitrogens with one attached hydrogen (secondary N) is 1.